The van der Waals surface area contributed by atoms with Crippen LogP contribution in [0.3, 0.4) is 0 Å². The van der Waals surface area contributed by atoms with Crippen LogP contribution in [0.25, 0.3) is 0 Å². The monoisotopic (exact) mass is 412 g/mol. The van der Waals surface area contributed by atoms with Crippen molar-refractivity contribution < 1.29 is 22.8 Å². The van der Waals surface area contributed by atoms with Crippen LogP contribution < -0.4 is 9.47 Å². The summed E-state index contributed by atoms with van der Waals surface area (Å²) in [4.78, 5) is 13.5. The Labute approximate surface area is 150 Å². The summed E-state index contributed by atoms with van der Waals surface area (Å²) in [5, 5.41) is 10.4. The summed E-state index contributed by atoms with van der Waals surface area (Å²) in [5.41, 5.74) is -0.330. The highest BCUT2D eigenvalue weighted by atomic mass is 35.7. The molecule has 0 N–H and O–H groups in total. The van der Waals surface area contributed by atoms with Crippen molar-refractivity contribution in [3.8, 4) is 17.4 Å². The van der Waals surface area contributed by atoms with E-state index in [0.29, 0.717) is 0 Å². The van der Waals surface area contributed by atoms with Gasteiger partial charge in [-0.05, 0) is 0 Å². The Balaban J connectivity index is 2.48. The zero-order chi connectivity index (χ0) is 18.1. The number of benzene rings is 1. The van der Waals surface area contributed by atoms with E-state index < -0.39 is 14.0 Å². The fraction of sp³-hybridized carbons (Fsp3) is 0.0833. The number of ether oxygens (including phenoxy) is 2. The molecule has 0 unspecified atom stereocenters. The van der Waals surface area contributed by atoms with Gasteiger partial charge in [0, 0.05) is 28.9 Å². The quantitative estimate of drug-likeness (QED) is 0.413. The van der Waals surface area contributed by atoms with Crippen LogP contribution in [-0.2, 0) is 9.05 Å². The molecule has 1 aromatic carbocycles. The standard InChI is InChI=1S/C12H7Cl3N2O6S/c1-22-9-5-16-11(4-10(9)24(15,20)21)23-12-7(13)2-6(17(18)19)3-8(12)14/h2-5H,1H3. The first-order chi connectivity index (χ1) is 11.1. The summed E-state index contributed by atoms with van der Waals surface area (Å²) in [6.07, 6.45) is 1.08. The van der Waals surface area contributed by atoms with Gasteiger partial charge in [0.2, 0.25) is 5.88 Å². The summed E-state index contributed by atoms with van der Waals surface area (Å²) >= 11 is 11.8. The molecular weight excluding hydrogens is 407 g/mol. The minimum Gasteiger partial charge on any atom is -0.494 e. The minimum atomic E-state index is -4.13. The van der Waals surface area contributed by atoms with Gasteiger partial charge in [0.05, 0.1) is 28.3 Å². The maximum Gasteiger partial charge on any atom is 0.272 e. The van der Waals surface area contributed by atoms with E-state index >= 15 is 0 Å². The van der Waals surface area contributed by atoms with Crippen molar-refractivity contribution in [2.24, 2.45) is 0 Å². The van der Waals surface area contributed by atoms with Gasteiger partial charge in [-0.1, -0.05) is 23.2 Å². The van der Waals surface area contributed by atoms with E-state index in [0.717, 1.165) is 24.4 Å². The fourth-order valence-electron chi connectivity index (χ4n) is 1.66. The van der Waals surface area contributed by atoms with Gasteiger partial charge in [-0.3, -0.25) is 10.1 Å². The van der Waals surface area contributed by atoms with Crippen LogP contribution in [0, 0.1) is 10.1 Å². The van der Waals surface area contributed by atoms with Gasteiger partial charge in [0.15, 0.2) is 11.5 Å². The lowest BCUT2D eigenvalue weighted by Crippen LogP contribution is -1.99. The number of methoxy groups -OCH3 is 1. The number of hydrogen-bond acceptors (Lipinski definition) is 7. The van der Waals surface area contributed by atoms with Crippen molar-refractivity contribution in [2.75, 3.05) is 7.11 Å². The van der Waals surface area contributed by atoms with Gasteiger partial charge in [-0.25, -0.2) is 13.4 Å². The van der Waals surface area contributed by atoms with Crippen molar-refractivity contribution in [3.63, 3.8) is 0 Å². The van der Waals surface area contributed by atoms with Crippen LogP contribution in [0.1, 0.15) is 0 Å². The van der Waals surface area contributed by atoms with E-state index in [-0.39, 0.29) is 38.0 Å². The molecule has 0 saturated carbocycles. The second-order valence-corrected chi connectivity index (χ2v) is 7.56. The lowest BCUT2D eigenvalue weighted by Gasteiger charge is -2.11. The molecule has 0 radical (unpaired) electrons. The van der Waals surface area contributed by atoms with E-state index in [1.54, 1.807) is 0 Å². The lowest BCUT2D eigenvalue weighted by atomic mass is 10.3. The smallest absolute Gasteiger partial charge is 0.272 e. The third-order valence-corrected chi connectivity index (χ3v) is 4.59. The predicted molar refractivity (Wildman–Crippen MR) is 87.0 cm³/mol. The third-order valence-electron chi connectivity index (χ3n) is 2.69. The Bertz CT molecular complexity index is 896. The molecule has 1 aromatic heterocycles. The zero-order valence-electron chi connectivity index (χ0n) is 11.7. The normalized spacial score (nSPS) is 11.2. The summed E-state index contributed by atoms with van der Waals surface area (Å²) in [6, 6.07) is 3.08. The molecular formula is C12H7Cl3N2O6S. The van der Waals surface area contributed by atoms with Crippen LogP contribution in [0.15, 0.2) is 29.3 Å². The maximum absolute atomic E-state index is 11.5. The Kier molecular flexibility index (Phi) is 5.38. The summed E-state index contributed by atoms with van der Waals surface area (Å²) < 4.78 is 33.3. The van der Waals surface area contributed by atoms with E-state index in [4.69, 9.17) is 43.4 Å². The first kappa shape index (κ1) is 18.5. The first-order valence-electron chi connectivity index (χ1n) is 5.93. The molecule has 0 spiro atoms. The Morgan fingerprint density at radius 3 is 2.25 bits per heavy atom. The fourth-order valence-corrected chi connectivity index (χ4v) is 3.19. The molecule has 0 bridgehead atoms. The molecule has 0 aliphatic heterocycles. The average Bonchev–Trinajstić information content (AvgIpc) is 2.49. The molecule has 24 heavy (non-hydrogen) atoms. The molecule has 0 fully saturated rings. The van der Waals surface area contributed by atoms with E-state index in [1.165, 1.54) is 7.11 Å². The number of halogens is 3. The van der Waals surface area contributed by atoms with Crippen molar-refractivity contribution in [2.45, 2.75) is 4.90 Å². The molecule has 8 nitrogen and oxygen atoms in total. The number of non-ortho nitro benzene ring substituents is 1. The predicted octanol–water partition coefficient (Wildman–Crippen LogP) is 4.03. The molecule has 0 aliphatic carbocycles. The Hall–Kier alpha value is -1.81. The molecule has 0 aliphatic rings. The molecule has 2 rings (SSSR count). The second kappa shape index (κ2) is 6.98. The number of nitro benzene ring substituents is 1. The average molecular weight is 414 g/mol. The number of nitrogens with zero attached hydrogens (tertiary/aromatic N) is 2. The molecule has 0 amide bonds. The van der Waals surface area contributed by atoms with Crippen molar-refractivity contribution in [3.05, 3.63) is 44.6 Å². The van der Waals surface area contributed by atoms with Gasteiger partial charge in [-0.2, -0.15) is 0 Å². The highest BCUT2D eigenvalue weighted by Gasteiger charge is 2.21. The van der Waals surface area contributed by atoms with E-state index in [9.17, 15) is 18.5 Å². The molecule has 1 heterocycles. The summed E-state index contributed by atoms with van der Waals surface area (Å²) in [6.45, 7) is 0. The van der Waals surface area contributed by atoms with Gasteiger partial charge in [0.25, 0.3) is 14.7 Å². The SMILES string of the molecule is COc1cnc(Oc2c(Cl)cc([N+](=O)[O-])cc2Cl)cc1S(=O)(=O)Cl. The van der Waals surface area contributed by atoms with Crippen molar-refractivity contribution in [1.29, 1.82) is 0 Å². The maximum atomic E-state index is 11.5. The molecule has 128 valence electrons. The van der Waals surface area contributed by atoms with Gasteiger partial charge < -0.3 is 9.47 Å². The minimum absolute atomic E-state index is 0.0850. The van der Waals surface area contributed by atoms with Crippen molar-refractivity contribution >= 4 is 48.6 Å². The Morgan fingerprint density at radius 1 is 1.21 bits per heavy atom. The van der Waals surface area contributed by atoms with Crippen molar-refractivity contribution in [1.82, 2.24) is 4.98 Å². The molecule has 0 atom stereocenters. The third kappa shape index (κ3) is 3.99. The summed E-state index contributed by atoms with van der Waals surface area (Å²) in [5.74, 6) is -0.412. The largest absolute Gasteiger partial charge is 0.494 e. The van der Waals surface area contributed by atoms with Gasteiger partial charge >= 0.3 is 0 Å². The first-order valence-corrected chi connectivity index (χ1v) is 9.00. The summed E-state index contributed by atoms with van der Waals surface area (Å²) in [7, 11) is 2.43. The number of rotatable bonds is 5. The topological polar surface area (TPSA) is 109 Å². The van der Waals surface area contributed by atoms with Gasteiger partial charge in [-0.15, -0.1) is 0 Å². The van der Waals surface area contributed by atoms with Crippen LogP contribution in [-0.4, -0.2) is 25.4 Å². The second-order valence-electron chi connectivity index (χ2n) is 4.21. The van der Waals surface area contributed by atoms with Crippen LogP contribution >= 0.6 is 33.9 Å². The van der Waals surface area contributed by atoms with Crippen LogP contribution in [0.4, 0.5) is 5.69 Å². The van der Waals surface area contributed by atoms with Crippen LogP contribution in [0.5, 0.6) is 17.4 Å². The highest BCUT2D eigenvalue weighted by Crippen LogP contribution is 2.40. The number of nitro groups is 1. The lowest BCUT2D eigenvalue weighted by molar-refractivity contribution is -0.384. The number of hydrogen-bond donors (Lipinski definition) is 0. The highest BCUT2D eigenvalue weighted by molar-refractivity contribution is 8.13. The number of pyridine rings is 1. The molecule has 0 saturated heterocycles. The zero-order valence-corrected chi connectivity index (χ0v) is 14.8. The van der Waals surface area contributed by atoms with E-state index in [1.807, 2.05) is 0 Å². The van der Waals surface area contributed by atoms with E-state index in [2.05, 4.69) is 4.98 Å². The molecule has 12 heteroatoms. The number of aromatic nitrogens is 1. The van der Waals surface area contributed by atoms with Gasteiger partial charge in [0.1, 0.15) is 4.90 Å². The molecule has 2 aromatic rings. The Morgan fingerprint density at radius 2 is 1.79 bits per heavy atom. The van der Waals surface area contributed by atoms with Crippen LogP contribution in [0.2, 0.25) is 10.0 Å².